The fourth-order valence-electron chi connectivity index (χ4n) is 2.92. The summed E-state index contributed by atoms with van der Waals surface area (Å²) in [5.74, 6) is 5.14. The van der Waals surface area contributed by atoms with Gasteiger partial charge in [0.25, 0.3) is 0 Å². The Bertz CT molecular complexity index is 900. The van der Waals surface area contributed by atoms with Crippen LogP contribution in [-0.2, 0) is 6.18 Å². The number of hydrogen-bond acceptors (Lipinski definition) is 6. The summed E-state index contributed by atoms with van der Waals surface area (Å²) < 4.78 is 57.5. The van der Waals surface area contributed by atoms with Crippen LogP contribution in [0.25, 0.3) is 0 Å². The number of allylic oxidation sites excluding steroid dienone is 1. The van der Waals surface area contributed by atoms with E-state index < -0.39 is 17.6 Å². The molecule has 1 aromatic heterocycles. The zero-order valence-electron chi connectivity index (χ0n) is 14.7. The van der Waals surface area contributed by atoms with E-state index >= 15 is 0 Å². The fraction of sp³-hybridized carbons (Fsp3) is 0.278. The number of pyridine rings is 1. The van der Waals surface area contributed by atoms with Crippen LogP contribution in [0.3, 0.4) is 0 Å². The highest BCUT2D eigenvalue weighted by Gasteiger charge is 2.31. The monoisotopic (exact) mass is 397 g/mol. The van der Waals surface area contributed by atoms with Crippen molar-refractivity contribution in [3.63, 3.8) is 0 Å². The highest BCUT2D eigenvalue weighted by atomic mass is 19.4. The van der Waals surface area contributed by atoms with E-state index in [0.717, 1.165) is 18.9 Å². The SMILES string of the molecule is NC1=C(N(N)c2cc(Oc3cc(F)cc(C(F)(F)F)c3)ccn2)CCCC1N. The Morgan fingerprint density at radius 2 is 1.89 bits per heavy atom. The molecule has 0 saturated heterocycles. The van der Waals surface area contributed by atoms with Gasteiger partial charge in [-0.25, -0.2) is 15.2 Å². The smallest absolute Gasteiger partial charge is 0.416 e. The molecular weight excluding hydrogens is 378 g/mol. The number of rotatable bonds is 4. The zero-order valence-corrected chi connectivity index (χ0v) is 14.7. The van der Waals surface area contributed by atoms with Crippen molar-refractivity contribution in [2.45, 2.75) is 31.5 Å². The van der Waals surface area contributed by atoms with Crippen molar-refractivity contribution >= 4 is 5.82 Å². The first-order valence-corrected chi connectivity index (χ1v) is 8.46. The average molecular weight is 397 g/mol. The first-order chi connectivity index (χ1) is 13.1. The van der Waals surface area contributed by atoms with Crippen LogP contribution in [-0.4, -0.2) is 11.0 Å². The average Bonchev–Trinajstić information content (AvgIpc) is 2.62. The number of alkyl halides is 3. The molecule has 1 atom stereocenters. The van der Waals surface area contributed by atoms with Gasteiger partial charge in [-0.2, -0.15) is 13.2 Å². The summed E-state index contributed by atoms with van der Waals surface area (Å²) in [6, 6.07) is 4.49. The lowest BCUT2D eigenvalue weighted by atomic mass is 9.97. The molecule has 150 valence electrons. The summed E-state index contributed by atoms with van der Waals surface area (Å²) >= 11 is 0. The molecule has 2 aromatic rings. The molecular formula is C18H19F4N5O. The molecule has 3 rings (SSSR count). The van der Waals surface area contributed by atoms with Crippen LogP contribution in [0.1, 0.15) is 24.8 Å². The number of hydrogen-bond donors (Lipinski definition) is 3. The molecule has 10 heteroatoms. The van der Waals surface area contributed by atoms with Gasteiger partial charge < -0.3 is 16.2 Å². The van der Waals surface area contributed by atoms with E-state index in [1.165, 1.54) is 23.3 Å². The molecule has 1 unspecified atom stereocenters. The molecule has 0 saturated carbocycles. The van der Waals surface area contributed by atoms with Gasteiger partial charge in [0.05, 0.1) is 11.3 Å². The summed E-state index contributed by atoms with van der Waals surface area (Å²) in [6.45, 7) is 0. The largest absolute Gasteiger partial charge is 0.457 e. The Labute approximate surface area is 158 Å². The molecule has 0 spiro atoms. The minimum atomic E-state index is -4.69. The van der Waals surface area contributed by atoms with Crippen molar-refractivity contribution in [3.05, 3.63) is 59.3 Å². The van der Waals surface area contributed by atoms with Gasteiger partial charge in [-0.3, -0.25) is 5.01 Å². The first-order valence-electron chi connectivity index (χ1n) is 8.46. The molecule has 6 nitrogen and oxygen atoms in total. The molecule has 6 N–H and O–H groups in total. The third-order valence-electron chi connectivity index (χ3n) is 4.35. The zero-order chi connectivity index (χ0) is 20.5. The molecule has 1 aliphatic rings. The summed E-state index contributed by atoms with van der Waals surface area (Å²) in [5, 5.41) is 1.27. The second-order valence-corrected chi connectivity index (χ2v) is 6.40. The van der Waals surface area contributed by atoms with Crippen LogP contribution in [0, 0.1) is 5.82 Å². The Kier molecular flexibility index (Phi) is 5.43. The van der Waals surface area contributed by atoms with Crippen molar-refractivity contribution in [2.24, 2.45) is 17.3 Å². The number of anilines is 1. The van der Waals surface area contributed by atoms with Gasteiger partial charge in [-0.15, -0.1) is 0 Å². The summed E-state index contributed by atoms with van der Waals surface area (Å²) in [4.78, 5) is 4.13. The number of nitrogens with two attached hydrogens (primary N) is 3. The third kappa shape index (κ3) is 4.34. The van der Waals surface area contributed by atoms with Crippen LogP contribution in [0.2, 0.25) is 0 Å². The van der Waals surface area contributed by atoms with Gasteiger partial charge >= 0.3 is 6.18 Å². The maximum absolute atomic E-state index is 13.5. The van der Waals surface area contributed by atoms with Crippen molar-refractivity contribution in [2.75, 3.05) is 5.01 Å². The maximum atomic E-state index is 13.5. The topological polar surface area (TPSA) is 103 Å². The van der Waals surface area contributed by atoms with E-state index in [4.69, 9.17) is 22.0 Å². The molecule has 0 radical (unpaired) electrons. The molecule has 0 bridgehead atoms. The van der Waals surface area contributed by atoms with Crippen LogP contribution >= 0.6 is 0 Å². The lowest BCUT2D eigenvalue weighted by Gasteiger charge is -2.29. The van der Waals surface area contributed by atoms with E-state index in [0.29, 0.717) is 29.9 Å². The second-order valence-electron chi connectivity index (χ2n) is 6.40. The second kappa shape index (κ2) is 7.64. The highest BCUT2D eigenvalue weighted by molar-refractivity contribution is 5.50. The quantitative estimate of drug-likeness (QED) is 0.415. The lowest BCUT2D eigenvalue weighted by molar-refractivity contribution is -0.137. The maximum Gasteiger partial charge on any atom is 0.416 e. The van der Waals surface area contributed by atoms with Gasteiger partial charge in [0.15, 0.2) is 5.82 Å². The summed E-state index contributed by atoms with van der Waals surface area (Å²) in [5.41, 5.74) is 11.9. The Hall–Kier alpha value is -2.85. The minimum Gasteiger partial charge on any atom is -0.457 e. The van der Waals surface area contributed by atoms with Crippen LogP contribution in [0.15, 0.2) is 47.9 Å². The Morgan fingerprint density at radius 3 is 2.61 bits per heavy atom. The van der Waals surface area contributed by atoms with Gasteiger partial charge in [0, 0.05) is 30.1 Å². The lowest BCUT2D eigenvalue weighted by Crippen LogP contribution is -2.40. The minimum absolute atomic E-state index is 0.137. The van der Waals surface area contributed by atoms with E-state index in [1.807, 2.05) is 0 Å². The van der Waals surface area contributed by atoms with Crippen LogP contribution in [0.4, 0.5) is 23.4 Å². The number of ether oxygens (including phenoxy) is 1. The number of hydrazine groups is 1. The van der Waals surface area contributed by atoms with E-state index in [2.05, 4.69) is 4.98 Å². The number of aromatic nitrogens is 1. The predicted octanol–water partition coefficient (Wildman–Crippen LogP) is 3.39. The Balaban J connectivity index is 1.87. The van der Waals surface area contributed by atoms with Gasteiger partial charge in [-0.05, 0) is 37.5 Å². The molecule has 1 heterocycles. The van der Waals surface area contributed by atoms with Gasteiger partial charge in [0.2, 0.25) is 0 Å². The number of nitrogens with zero attached hydrogens (tertiary/aromatic N) is 2. The normalized spacial score (nSPS) is 17.6. The molecule has 28 heavy (non-hydrogen) atoms. The predicted molar refractivity (Wildman–Crippen MR) is 95.4 cm³/mol. The molecule has 0 amide bonds. The summed E-state index contributed by atoms with van der Waals surface area (Å²) in [7, 11) is 0. The molecule has 1 aliphatic carbocycles. The Morgan fingerprint density at radius 1 is 1.14 bits per heavy atom. The van der Waals surface area contributed by atoms with E-state index in [9.17, 15) is 17.6 Å². The summed E-state index contributed by atoms with van der Waals surface area (Å²) in [6.07, 6.45) is -1.15. The van der Waals surface area contributed by atoms with Crippen molar-refractivity contribution in [1.82, 2.24) is 4.98 Å². The third-order valence-corrected chi connectivity index (χ3v) is 4.35. The first kappa shape index (κ1) is 19.9. The fourth-order valence-corrected chi connectivity index (χ4v) is 2.92. The molecule has 0 fully saturated rings. The number of halogens is 4. The van der Waals surface area contributed by atoms with Crippen molar-refractivity contribution < 1.29 is 22.3 Å². The van der Waals surface area contributed by atoms with Gasteiger partial charge in [0.1, 0.15) is 17.3 Å². The van der Waals surface area contributed by atoms with E-state index in [-0.39, 0.29) is 23.4 Å². The molecule has 1 aromatic carbocycles. The van der Waals surface area contributed by atoms with Crippen LogP contribution < -0.4 is 27.1 Å². The van der Waals surface area contributed by atoms with Crippen LogP contribution in [0.5, 0.6) is 11.5 Å². The standard InChI is InChI=1S/C18H19F4N5O/c19-11-6-10(18(20,21)22)7-13(8-11)28-12-4-5-26-16(9-12)27(25)15-3-1-2-14(23)17(15)24/h4-9,14H,1-3,23-25H2. The van der Waals surface area contributed by atoms with Gasteiger partial charge in [-0.1, -0.05) is 0 Å². The highest BCUT2D eigenvalue weighted by Crippen LogP contribution is 2.34. The van der Waals surface area contributed by atoms with Crippen molar-refractivity contribution in [3.8, 4) is 11.5 Å². The molecule has 0 aliphatic heterocycles. The van der Waals surface area contributed by atoms with Crippen molar-refractivity contribution in [1.29, 1.82) is 0 Å². The number of benzene rings is 1. The van der Waals surface area contributed by atoms with E-state index in [1.54, 1.807) is 0 Å².